The minimum absolute atomic E-state index is 0.0530. The van der Waals surface area contributed by atoms with Crippen molar-refractivity contribution < 1.29 is 9.18 Å². The van der Waals surface area contributed by atoms with Crippen molar-refractivity contribution in [2.24, 2.45) is 0 Å². The van der Waals surface area contributed by atoms with E-state index in [1.54, 1.807) is 18.2 Å². The van der Waals surface area contributed by atoms with Crippen LogP contribution in [0, 0.1) is 17.1 Å². The topological polar surface area (TPSA) is 83.6 Å². The molecule has 2 aromatic carbocycles. The highest BCUT2D eigenvalue weighted by Crippen LogP contribution is 2.24. The van der Waals surface area contributed by atoms with Crippen LogP contribution in [0.15, 0.2) is 83.7 Å². The second-order valence-electron chi connectivity index (χ2n) is 6.97. The van der Waals surface area contributed by atoms with Crippen LogP contribution in [-0.4, -0.2) is 19.8 Å². The fourth-order valence-corrected chi connectivity index (χ4v) is 4.49. The van der Waals surface area contributed by atoms with E-state index in [0.29, 0.717) is 22.5 Å². The summed E-state index contributed by atoms with van der Waals surface area (Å²) < 4.78 is 19.3. The second kappa shape index (κ2) is 10.7. The maximum absolute atomic E-state index is 13.1. The fourth-order valence-electron chi connectivity index (χ4n) is 2.99. The summed E-state index contributed by atoms with van der Waals surface area (Å²) >= 11 is 2.54. The van der Waals surface area contributed by atoms with Crippen molar-refractivity contribution in [2.75, 3.05) is 5.32 Å². The summed E-state index contributed by atoms with van der Waals surface area (Å²) in [5.74, 6) is -0.129. The zero-order valence-corrected chi connectivity index (χ0v) is 18.9. The summed E-state index contributed by atoms with van der Waals surface area (Å²) in [4.78, 5) is 17.0. The van der Waals surface area contributed by atoms with Gasteiger partial charge in [-0.25, -0.2) is 4.39 Å². The summed E-state index contributed by atoms with van der Waals surface area (Å²) in [6.07, 6.45) is 3.36. The summed E-state index contributed by atoms with van der Waals surface area (Å²) in [5.41, 5.74) is 2.69. The van der Waals surface area contributed by atoms with Gasteiger partial charge in [-0.1, -0.05) is 54.2 Å². The second-order valence-corrected chi connectivity index (χ2v) is 8.66. The van der Waals surface area contributed by atoms with Crippen LogP contribution >= 0.6 is 23.3 Å². The molecule has 0 unspecified atom stereocenters. The van der Waals surface area contributed by atoms with E-state index in [-0.39, 0.29) is 11.4 Å². The molecule has 1 N–H and O–H groups in total. The molecule has 0 aliphatic heterocycles. The predicted octanol–water partition coefficient (Wildman–Crippen LogP) is 5.36. The van der Waals surface area contributed by atoms with Gasteiger partial charge >= 0.3 is 0 Å². The van der Waals surface area contributed by atoms with Crippen molar-refractivity contribution in [3.63, 3.8) is 0 Å². The lowest BCUT2D eigenvalue weighted by molar-refractivity contribution is -0.112. The van der Waals surface area contributed by atoms with E-state index < -0.39 is 5.91 Å². The number of nitrogens with zero attached hydrogens (tertiary/aromatic N) is 4. The zero-order valence-electron chi connectivity index (χ0n) is 17.3. The number of nitriles is 1. The lowest BCUT2D eigenvalue weighted by Gasteiger charge is -2.07. The lowest BCUT2D eigenvalue weighted by Crippen LogP contribution is -2.13. The minimum atomic E-state index is -0.553. The molecule has 1 amide bonds. The van der Waals surface area contributed by atoms with Gasteiger partial charge in [-0.2, -0.15) is 14.6 Å². The molecule has 0 saturated carbocycles. The molecule has 0 aliphatic carbocycles. The van der Waals surface area contributed by atoms with Crippen LogP contribution in [0.1, 0.15) is 16.8 Å². The van der Waals surface area contributed by atoms with Crippen molar-refractivity contribution in [3.05, 3.63) is 101 Å². The molecule has 0 fully saturated rings. The third kappa shape index (κ3) is 6.16. The van der Waals surface area contributed by atoms with Crippen molar-refractivity contribution in [1.82, 2.24) is 13.9 Å². The largest absolute Gasteiger partial charge is 0.344 e. The maximum Gasteiger partial charge on any atom is 0.268 e. The van der Waals surface area contributed by atoms with Gasteiger partial charge in [0.15, 0.2) is 0 Å². The number of thioether (sulfide) groups is 1. The Morgan fingerprint density at radius 3 is 2.67 bits per heavy atom. The van der Waals surface area contributed by atoms with Gasteiger partial charge in [-0.05, 0) is 41.5 Å². The minimum Gasteiger partial charge on any atom is -0.344 e. The molecule has 0 bridgehead atoms. The number of hydrogen-bond donors (Lipinski definition) is 1. The first-order valence-electron chi connectivity index (χ1n) is 9.94. The normalized spacial score (nSPS) is 11.2. The van der Waals surface area contributed by atoms with E-state index in [1.807, 2.05) is 53.2 Å². The number of halogens is 1. The van der Waals surface area contributed by atoms with Crippen LogP contribution in [0.4, 0.5) is 9.52 Å². The molecule has 0 atom stereocenters. The van der Waals surface area contributed by atoms with Crippen molar-refractivity contribution in [1.29, 1.82) is 5.26 Å². The Morgan fingerprint density at radius 2 is 1.91 bits per heavy atom. The molecule has 9 heteroatoms. The van der Waals surface area contributed by atoms with Crippen LogP contribution < -0.4 is 5.32 Å². The van der Waals surface area contributed by atoms with E-state index >= 15 is 0 Å². The molecule has 6 nitrogen and oxygen atoms in total. The summed E-state index contributed by atoms with van der Waals surface area (Å²) in [6.45, 7) is 0.484. The Hall–Kier alpha value is -3.74. The highest BCUT2D eigenvalue weighted by molar-refractivity contribution is 7.98. The monoisotopic (exact) mass is 475 g/mol. The van der Waals surface area contributed by atoms with Crippen molar-refractivity contribution in [2.45, 2.75) is 17.5 Å². The molecule has 2 heterocycles. The number of carbonyl (C=O) groups excluding carboxylic acids is 1. The average molecular weight is 476 g/mol. The van der Waals surface area contributed by atoms with Crippen molar-refractivity contribution >= 4 is 40.4 Å². The van der Waals surface area contributed by atoms with E-state index in [0.717, 1.165) is 28.4 Å². The smallest absolute Gasteiger partial charge is 0.268 e. The van der Waals surface area contributed by atoms with Crippen LogP contribution in [0.5, 0.6) is 0 Å². The number of hydrogen-bond acceptors (Lipinski definition) is 6. The quantitative estimate of drug-likeness (QED) is 0.211. The average Bonchev–Trinajstić information content (AvgIpc) is 3.47. The number of rotatable bonds is 8. The van der Waals surface area contributed by atoms with E-state index in [9.17, 15) is 14.4 Å². The molecular weight excluding hydrogens is 457 g/mol. The Bertz CT molecular complexity index is 1310. The van der Waals surface area contributed by atoms with Crippen LogP contribution in [0.2, 0.25) is 0 Å². The van der Waals surface area contributed by atoms with Crippen LogP contribution in [-0.2, 0) is 17.1 Å². The number of aromatic nitrogens is 3. The number of anilines is 1. The number of nitrogens with one attached hydrogen (secondary N) is 1. The van der Waals surface area contributed by atoms with Gasteiger partial charge in [0.2, 0.25) is 10.3 Å². The SMILES string of the molecule is N#C/C(=C/c1cccn1Cc1ccc(F)cc1)C(=O)Nc1nc(SCc2ccccc2)ns1. The molecule has 0 saturated heterocycles. The van der Waals surface area contributed by atoms with Gasteiger partial charge in [0.05, 0.1) is 0 Å². The van der Waals surface area contributed by atoms with Gasteiger partial charge in [0.25, 0.3) is 5.91 Å². The van der Waals surface area contributed by atoms with Gasteiger partial charge in [-0.3, -0.25) is 10.1 Å². The third-order valence-corrected chi connectivity index (χ3v) is 6.29. The van der Waals surface area contributed by atoms with Crippen LogP contribution in [0.25, 0.3) is 6.08 Å². The third-order valence-electron chi connectivity index (χ3n) is 4.63. The Balaban J connectivity index is 1.41. The Morgan fingerprint density at radius 1 is 1.12 bits per heavy atom. The first-order chi connectivity index (χ1) is 16.1. The Kier molecular flexibility index (Phi) is 7.29. The van der Waals surface area contributed by atoms with E-state index in [1.165, 1.54) is 30.0 Å². The van der Waals surface area contributed by atoms with E-state index in [2.05, 4.69) is 14.7 Å². The molecule has 4 aromatic rings. The number of benzene rings is 2. The highest BCUT2D eigenvalue weighted by atomic mass is 32.2. The molecule has 0 radical (unpaired) electrons. The fraction of sp³-hybridized carbons (Fsp3) is 0.0833. The van der Waals surface area contributed by atoms with Gasteiger partial charge in [-0.15, -0.1) is 0 Å². The van der Waals surface area contributed by atoms with Gasteiger partial charge < -0.3 is 4.57 Å². The standard InChI is InChI=1S/C24H18FN5OS2/c25-20-10-8-17(9-11-20)15-30-12-4-7-21(30)13-19(14-26)22(31)27-23-28-24(29-33-23)32-16-18-5-2-1-3-6-18/h1-13H,15-16H2,(H,27,28,29,31)/b19-13-. The molecule has 164 valence electrons. The van der Waals surface area contributed by atoms with Gasteiger partial charge in [0, 0.05) is 35.7 Å². The maximum atomic E-state index is 13.1. The summed E-state index contributed by atoms with van der Waals surface area (Å²) in [6, 6.07) is 21.7. The Labute approximate surface area is 198 Å². The first-order valence-corrected chi connectivity index (χ1v) is 11.7. The zero-order chi connectivity index (χ0) is 23.0. The highest BCUT2D eigenvalue weighted by Gasteiger charge is 2.14. The van der Waals surface area contributed by atoms with E-state index in [4.69, 9.17) is 0 Å². The molecule has 2 aromatic heterocycles. The number of amides is 1. The lowest BCUT2D eigenvalue weighted by atomic mass is 10.2. The molecule has 0 aliphatic rings. The molecule has 0 spiro atoms. The predicted molar refractivity (Wildman–Crippen MR) is 128 cm³/mol. The molecule has 33 heavy (non-hydrogen) atoms. The number of carbonyl (C=O) groups is 1. The first kappa shape index (κ1) is 22.5. The van der Waals surface area contributed by atoms with Gasteiger partial charge in [0.1, 0.15) is 17.5 Å². The summed E-state index contributed by atoms with van der Waals surface area (Å²) in [7, 11) is 0. The van der Waals surface area contributed by atoms with Crippen LogP contribution in [0.3, 0.4) is 0 Å². The van der Waals surface area contributed by atoms with Crippen molar-refractivity contribution in [3.8, 4) is 6.07 Å². The molecular formula is C24H18FN5OS2. The molecule has 4 rings (SSSR count). The summed E-state index contributed by atoms with van der Waals surface area (Å²) in [5, 5.41) is 13.1.